The van der Waals surface area contributed by atoms with Crippen LogP contribution < -0.4 is 10.6 Å². The van der Waals surface area contributed by atoms with Crippen LogP contribution in [0.15, 0.2) is 48.5 Å². The molecular weight excluding hydrogens is 336 g/mol. The molecule has 0 aliphatic heterocycles. The van der Waals surface area contributed by atoms with Crippen molar-refractivity contribution in [2.45, 2.75) is 6.42 Å². The van der Waals surface area contributed by atoms with Crippen LogP contribution in [0.4, 0.5) is 5.69 Å². The summed E-state index contributed by atoms with van der Waals surface area (Å²) in [6, 6.07) is 12.4. The van der Waals surface area contributed by atoms with Gasteiger partial charge in [0.05, 0.1) is 11.1 Å². The number of hydrogen-bond acceptors (Lipinski definition) is 4. The van der Waals surface area contributed by atoms with Gasteiger partial charge in [0, 0.05) is 31.5 Å². The molecule has 0 heterocycles. The van der Waals surface area contributed by atoms with Crippen molar-refractivity contribution in [1.29, 1.82) is 0 Å². The molecule has 2 aromatic rings. The van der Waals surface area contributed by atoms with Crippen molar-refractivity contribution in [3.05, 3.63) is 65.2 Å². The molecule has 2 aromatic carbocycles. The van der Waals surface area contributed by atoms with Crippen molar-refractivity contribution in [3.8, 4) is 0 Å². The van der Waals surface area contributed by atoms with Crippen molar-refractivity contribution in [3.63, 3.8) is 0 Å². The Morgan fingerprint density at radius 1 is 1.00 bits per heavy atom. The van der Waals surface area contributed by atoms with E-state index in [1.807, 2.05) is 0 Å². The van der Waals surface area contributed by atoms with Gasteiger partial charge in [-0.25, -0.2) is 4.79 Å². The third-order valence-electron chi connectivity index (χ3n) is 3.60. The van der Waals surface area contributed by atoms with Gasteiger partial charge in [0.15, 0.2) is 0 Å². The molecule has 26 heavy (non-hydrogen) atoms. The van der Waals surface area contributed by atoms with Gasteiger partial charge in [-0.2, -0.15) is 0 Å². The predicted molar refractivity (Wildman–Crippen MR) is 96.6 cm³/mol. The molecule has 0 aliphatic carbocycles. The van der Waals surface area contributed by atoms with Crippen molar-refractivity contribution in [2.75, 3.05) is 25.6 Å². The molecular formula is C19H20N2O5. The monoisotopic (exact) mass is 356 g/mol. The molecule has 0 spiro atoms. The Morgan fingerprint density at radius 3 is 2.42 bits per heavy atom. The number of amides is 2. The topological polar surface area (TPSA) is 105 Å². The molecule has 0 unspecified atom stereocenters. The second-order valence-corrected chi connectivity index (χ2v) is 5.49. The Morgan fingerprint density at radius 2 is 1.73 bits per heavy atom. The molecule has 7 heteroatoms. The minimum Gasteiger partial charge on any atom is -0.478 e. The molecule has 0 aliphatic rings. The van der Waals surface area contributed by atoms with Crippen LogP contribution in [0.1, 0.15) is 37.5 Å². The lowest BCUT2D eigenvalue weighted by atomic mass is 10.1. The van der Waals surface area contributed by atoms with Gasteiger partial charge in [-0.1, -0.05) is 18.2 Å². The van der Waals surface area contributed by atoms with E-state index in [1.165, 1.54) is 18.2 Å². The maximum Gasteiger partial charge on any atom is 0.336 e. The molecule has 0 bridgehead atoms. The molecule has 7 nitrogen and oxygen atoms in total. The fourth-order valence-corrected chi connectivity index (χ4v) is 2.32. The maximum absolute atomic E-state index is 12.4. The first-order chi connectivity index (χ1) is 12.5. The third-order valence-corrected chi connectivity index (χ3v) is 3.60. The zero-order chi connectivity index (χ0) is 18.9. The van der Waals surface area contributed by atoms with E-state index in [-0.39, 0.29) is 17.0 Å². The second-order valence-electron chi connectivity index (χ2n) is 5.49. The number of rotatable bonds is 8. The number of nitrogens with one attached hydrogen (secondary N) is 2. The smallest absolute Gasteiger partial charge is 0.336 e. The minimum absolute atomic E-state index is 0.0504. The number of benzene rings is 2. The summed E-state index contributed by atoms with van der Waals surface area (Å²) in [5, 5.41) is 14.6. The van der Waals surface area contributed by atoms with Gasteiger partial charge in [0.1, 0.15) is 0 Å². The molecule has 0 atom stereocenters. The Labute approximate surface area is 151 Å². The largest absolute Gasteiger partial charge is 0.478 e. The highest BCUT2D eigenvalue weighted by molar-refractivity contribution is 6.11. The van der Waals surface area contributed by atoms with Crippen LogP contribution in [0, 0.1) is 0 Å². The van der Waals surface area contributed by atoms with Crippen LogP contribution in [-0.2, 0) is 4.74 Å². The van der Waals surface area contributed by atoms with E-state index >= 15 is 0 Å². The SMILES string of the molecule is COCCCNC(=O)c1cccc(NC(=O)c2ccccc2C(=O)O)c1. The summed E-state index contributed by atoms with van der Waals surface area (Å²) < 4.78 is 4.92. The predicted octanol–water partition coefficient (Wildman–Crippen LogP) is 2.40. The number of carbonyl (C=O) groups is 3. The lowest BCUT2D eigenvalue weighted by molar-refractivity contribution is 0.0692. The minimum atomic E-state index is -1.18. The van der Waals surface area contributed by atoms with E-state index in [4.69, 9.17) is 4.74 Å². The van der Waals surface area contributed by atoms with Crippen molar-refractivity contribution < 1.29 is 24.2 Å². The van der Waals surface area contributed by atoms with Gasteiger partial charge >= 0.3 is 5.97 Å². The summed E-state index contributed by atoms with van der Waals surface area (Å²) in [6.45, 7) is 1.04. The van der Waals surface area contributed by atoms with Crippen molar-refractivity contribution in [2.24, 2.45) is 0 Å². The fourth-order valence-electron chi connectivity index (χ4n) is 2.32. The second kappa shape index (κ2) is 9.33. The number of ether oxygens (including phenoxy) is 1. The van der Waals surface area contributed by atoms with Gasteiger partial charge < -0.3 is 20.5 Å². The molecule has 2 amide bonds. The van der Waals surface area contributed by atoms with Gasteiger partial charge in [-0.3, -0.25) is 9.59 Å². The summed E-state index contributed by atoms with van der Waals surface area (Å²) in [4.78, 5) is 35.7. The number of methoxy groups -OCH3 is 1. The first-order valence-electron chi connectivity index (χ1n) is 8.04. The highest BCUT2D eigenvalue weighted by Crippen LogP contribution is 2.15. The lowest BCUT2D eigenvalue weighted by Crippen LogP contribution is -2.25. The number of aromatic carboxylic acids is 1. The van der Waals surface area contributed by atoms with Crippen LogP contribution >= 0.6 is 0 Å². The maximum atomic E-state index is 12.4. The van der Waals surface area contributed by atoms with Crippen LogP contribution in [0.25, 0.3) is 0 Å². The normalized spacial score (nSPS) is 10.2. The molecule has 0 aromatic heterocycles. The number of hydrogen-bond donors (Lipinski definition) is 3. The molecule has 3 N–H and O–H groups in total. The molecule has 0 saturated heterocycles. The standard InChI is InChI=1S/C19H20N2O5/c1-26-11-5-10-20-17(22)13-6-4-7-14(12-13)21-18(23)15-8-2-3-9-16(15)19(24)25/h2-4,6-9,12H,5,10-11H2,1H3,(H,20,22)(H,21,23)(H,24,25). The van der Waals surface area contributed by atoms with Gasteiger partial charge in [-0.05, 0) is 36.8 Å². The van der Waals surface area contributed by atoms with Crippen molar-refractivity contribution >= 4 is 23.5 Å². The first kappa shape index (κ1) is 19.1. The Bertz CT molecular complexity index is 804. The zero-order valence-corrected chi connectivity index (χ0v) is 14.3. The average molecular weight is 356 g/mol. The molecule has 0 fully saturated rings. The highest BCUT2D eigenvalue weighted by Gasteiger charge is 2.16. The summed E-state index contributed by atoms with van der Waals surface area (Å²) in [7, 11) is 1.59. The zero-order valence-electron chi connectivity index (χ0n) is 14.3. The summed E-state index contributed by atoms with van der Waals surface area (Å²) >= 11 is 0. The van der Waals surface area contributed by atoms with Crippen LogP contribution in [0.5, 0.6) is 0 Å². The summed E-state index contributed by atoms with van der Waals surface area (Å²) in [6.07, 6.45) is 0.699. The number of anilines is 1. The Kier molecular flexibility index (Phi) is 6.87. The molecule has 2 rings (SSSR count). The van der Waals surface area contributed by atoms with Crippen molar-refractivity contribution in [1.82, 2.24) is 5.32 Å². The lowest BCUT2D eigenvalue weighted by Gasteiger charge is -2.09. The van der Waals surface area contributed by atoms with Gasteiger partial charge in [0.25, 0.3) is 11.8 Å². The summed E-state index contributed by atoms with van der Waals surface area (Å²) in [5.41, 5.74) is 0.762. The van der Waals surface area contributed by atoms with E-state index in [9.17, 15) is 19.5 Å². The Balaban J connectivity index is 2.08. The molecule has 136 valence electrons. The number of carboxylic acids is 1. The van der Waals surface area contributed by atoms with E-state index in [1.54, 1.807) is 37.4 Å². The number of carbonyl (C=O) groups excluding carboxylic acids is 2. The third kappa shape index (κ3) is 5.15. The fraction of sp³-hybridized carbons (Fsp3) is 0.211. The quantitative estimate of drug-likeness (QED) is 0.630. The van der Waals surface area contributed by atoms with E-state index in [0.29, 0.717) is 30.8 Å². The number of carboxylic acid groups (broad SMARTS) is 1. The summed E-state index contributed by atoms with van der Waals surface area (Å²) in [5.74, 6) is -2.00. The molecule has 0 saturated carbocycles. The van der Waals surface area contributed by atoms with Gasteiger partial charge in [0.2, 0.25) is 0 Å². The highest BCUT2D eigenvalue weighted by atomic mass is 16.5. The van der Waals surface area contributed by atoms with Crippen LogP contribution in [0.3, 0.4) is 0 Å². The average Bonchev–Trinajstić information content (AvgIpc) is 2.65. The van der Waals surface area contributed by atoms with Gasteiger partial charge in [-0.15, -0.1) is 0 Å². The Hall–Kier alpha value is -3.19. The molecule has 0 radical (unpaired) electrons. The van der Waals surface area contributed by atoms with Crippen LogP contribution in [-0.4, -0.2) is 43.2 Å². The van der Waals surface area contributed by atoms with E-state index < -0.39 is 11.9 Å². The van der Waals surface area contributed by atoms with E-state index in [0.717, 1.165) is 0 Å². The first-order valence-corrected chi connectivity index (χ1v) is 8.04. The van der Waals surface area contributed by atoms with E-state index in [2.05, 4.69) is 10.6 Å². The van der Waals surface area contributed by atoms with Crippen LogP contribution in [0.2, 0.25) is 0 Å².